The molecular formula is C16H22FN3OS. The van der Waals surface area contributed by atoms with Crippen molar-refractivity contribution in [2.75, 3.05) is 10.8 Å². The van der Waals surface area contributed by atoms with Gasteiger partial charge in [-0.2, -0.15) is 0 Å². The van der Waals surface area contributed by atoms with Crippen molar-refractivity contribution in [3.63, 3.8) is 0 Å². The van der Waals surface area contributed by atoms with Crippen LogP contribution in [-0.4, -0.2) is 34.1 Å². The Bertz CT molecular complexity index is 559. The number of rotatable bonds is 4. The highest BCUT2D eigenvalue weighted by atomic mass is 32.2. The average Bonchev–Trinajstić information content (AvgIpc) is 2.47. The van der Waals surface area contributed by atoms with Gasteiger partial charge in [-0.25, -0.2) is 9.18 Å². The third-order valence-corrected chi connectivity index (χ3v) is 4.45. The Morgan fingerprint density at radius 3 is 2.45 bits per heavy atom. The fourth-order valence-electron chi connectivity index (χ4n) is 2.14. The van der Waals surface area contributed by atoms with E-state index in [1.54, 1.807) is 33.7 Å². The van der Waals surface area contributed by atoms with Gasteiger partial charge in [-0.05, 0) is 51.5 Å². The minimum absolute atomic E-state index is 0.0701. The van der Waals surface area contributed by atoms with E-state index in [1.807, 2.05) is 27.7 Å². The van der Waals surface area contributed by atoms with Gasteiger partial charge >= 0.3 is 6.03 Å². The molecule has 1 saturated heterocycles. The molecule has 1 atom stereocenters. The molecule has 1 aromatic carbocycles. The molecule has 0 radical (unpaired) electrons. The number of amides is 2. The Morgan fingerprint density at radius 1 is 1.27 bits per heavy atom. The maximum Gasteiger partial charge on any atom is 0.331 e. The monoisotopic (exact) mass is 323 g/mol. The van der Waals surface area contributed by atoms with E-state index in [2.05, 4.69) is 4.99 Å². The van der Waals surface area contributed by atoms with Gasteiger partial charge < -0.3 is 0 Å². The van der Waals surface area contributed by atoms with Crippen LogP contribution in [0.1, 0.15) is 34.1 Å². The molecular weight excluding hydrogens is 301 g/mol. The number of nitrogens with zero attached hydrogens (tertiary/aromatic N) is 3. The van der Waals surface area contributed by atoms with Crippen LogP contribution in [0.5, 0.6) is 0 Å². The van der Waals surface area contributed by atoms with Gasteiger partial charge in [0.15, 0.2) is 5.17 Å². The number of hydrogen-bond acceptors (Lipinski definition) is 3. The summed E-state index contributed by atoms with van der Waals surface area (Å²) in [7, 11) is 0. The lowest BCUT2D eigenvalue weighted by Gasteiger charge is -2.39. The molecule has 1 aliphatic heterocycles. The van der Waals surface area contributed by atoms with Crippen molar-refractivity contribution in [3.05, 3.63) is 30.1 Å². The number of hydrogen-bond donors (Lipinski definition) is 0. The van der Waals surface area contributed by atoms with Crippen LogP contribution >= 0.6 is 11.8 Å². The molecule has 1 heterocycles. The summed E-state index contributed by atoms with van der Waals surface area (Å²) in [5.41, 5.74) is 0.704. The molecule has 1 aliphatic rings. The number of urea groups is 1. The third kappa shape index (κ3) is 3.61. The minimum Gasteiger partial charge on any atom is -0.284 e. The van der Waals surface area contributed by atoms with Gasteiger partial charge in [-0.1, -0.05) is 18.7 Å². The Kier molecular flexibility index (Phi) is 5.45. The van der Waals surface area contributed by atoms with Gasteiger partial charge in [0.25, 0.3) is 0 Å². The normalized spacial score (nSPS) is 19.2. The predicted molar refractivity (Wildman–Crippen MR) is 90.9 cm³/mol. The zero-order valence-electron chi connectivity index (χ0n) is 13.4. The van der Waals surface area contributed by atoms with Gasteiger partial charge in [-0.15, -0.1) is 0 Å². The Morgan fingerprint density at radius 2 is 1.91 bits per heavy atom. The first-order chi connectivity index (χ1) is 10.4. The number of carbonyl (C=O) groups is 1. The molecule has 0 N–H and O–H groups in total. The molecule has 0 saturated carbocycles. The lowest BCUT2D eigenvalue weighted by atomic mass is 10.2. The van der Waals surface area contributed by atoms with Crippen molar-refractivity contribution in [3.8, 4) is 0 Å². The van der Waals surface area contributed by atoms with Crippen molar-refractivity contribution in [2.45, 2.75) is 46.2 Å². The summed E-state index contributed by atoms with van der Waals surface area (Å²) < 4.78 is 13.1. The maximum atomic E-state index is 13.1. The standard InChI is InChI=1S/C16H22FN3OS/c1-5-12(4)20-15(18-11(2)3)22-10-19(16(20)21)14-8-6-13(17)7-9-14/h6-9,11-12H,5,10H2,1-4H3/b18-15-. The zero-order chi connectivity index (χ0) is 16.3. The second-order valence-electron chi connectivity index (χ2n) is 5.59. The van der Waals surface area contributed by atoms with Gasteiger partial charge in [0.1, 0.15) is 5.82 Å². The summed E-state index contributed by atoms with van der Waals surface area (Å²) in [6, 6.07) is 6.12. The topological polar surface area (TPSA) is 35.9 Å². The first-order valence-corrected chi connectivity index (χ1v) is 8.49. The molecule has 22 heavy (non-hydrogen) atoms. The smallest absolute Gasteiger partial charge is 0.284 e. The lowest BCUT2D eigenvalue weighted by Crippen LogP contribution is -2.53. The van der Waals surface area contributed by atoms with E-state index in [9.17, 15) is 9.18 Å². The van der Waals surface area contributed by atoms with Crippen LogP contribution in [0.2, 0.25) is 0 Å². The average molecular weight is 323 g/mol. The van der Waals surface area contributed by atoms with Gasteiger partial charge in [0, 0.05) is 17.8 Å². The minimum atomic E-state index is -0.304. The number of aliphatic imine (C=N–C) groups is 1. The molecule has 0 bridgehead atoms. The maximum absolute atomic E-state index is 13.1. The molecule has 2 rings (SSSR count). The number of benzene rings is 1. The molecule has 0 aliphatic carbocycles. The molecule has 2 amide bonds. The van der Waals surface area contributed by atoms with E-state index in [0.717, 1.165) is 11.6 Å². The molecule has 0 aromatic heterocycles. The molecule has 0 spiro atoms. The second kappa shape index (κ2) is 7.13. The fraction of sp³-hybridized carbons (Fsp3) is 0.500. The van der Waals surface area contributed by atoms with E-state index in [4.69, 9.17) is 0 Å². The highest BCUT2D eigenvalue weighted by Gasteiger charge is 2.34. The number of thioether (sulfide) groups is 1. The second-order valence-corrected chi connectivity index (χ2v) is 6.51. The molecule has 120 valence electrons. The molecule has 1 aromatic rings. The summed E-state index contributed by atoms with van der Waals surface area (Å²) in [5.74, 6) is 0.185. The molecule has 6 heteroatoms. The Labute approximate surface area is 135 Å². The third-order valence-electron chi connectivity index (χ3n) is 3.50. The van der Waals surface area contributed by atoms with Crippen LogP contribution in [0.15, 0.2) is 29.3 Å². The first kappa shape index (κ1) is 16.8. The van der Waals surface area contributed by atoms with Gasteiger partial charge in [-0.3, -0.25) is 14.8 Å². The first-order valence-electron chi connectivity index (χ1n) is 7.51. The Balaban J connectivity index is 2.31. The highest BCUT2D eigenvalue weighted by Crippen LogP contribution is 2.29. The Hall–Kier alpha value is -1.56. The summed E-state index contributed by atoms with van der Waals surface area (Å²) in [6.45, 7) is 8.06. The van der Waals surface area contributed by atoms with E-state index in [1.165, 1.54) is 12.1 Å². The van der Waals surface area contributed by atoms with E-state index < -0.39 is 0 Å². The summed E-state index contributed by atoms with van der Waals surface area (Å²) in [4.78, 5) is 20.9. The van der Waals surface area contributed by atoms with Gasteiger partial charge in [0.2, 0.25) is 0 Å². The molecule has 4 nitrogen and oxygen atoms in total. The fourth-order valence-corrected chi connectivity index (χ4v) is 3.33. The number of halogens is 1. The van der Waals surface area contributed by atoms with Crippen LogP contribution in [0, 0.1) is 5.82 Å². The predicted octanol–water partition coefficient (Wildman–Crippen LogP) is 4.32. The van der Waals surface area contributed by atoms with Crippen molar-refractivity contribution >= 4 is 28.6 Å². The largest absolute Gasteiger partial charge is 0.331 e. The number of amidine groups is 1. The lowest BCUT2D eigenvalue weighted by molar-refractivity contribution is 0.217. The van der Waals surface area contributed by atoms with Crippen LogP contribution in [0.4, 0.5) is 14.9 Å². The van der Waals surface area contributed by atoms with Crippen molar-refractivity contribution in [1.82, 2.24) is 4.90 Å². The van der Waals surface area contributed by atoms with Crippen molar-refractivity contribution < 1.29 is 9.18 Å². The zero-order valence-corrected chi connectivity index (χ0v) is 14.2. The van der Waals surface area contributed by atoms with E-state index in [-0.39, 0.29) is 23.9 Å². The van der Waals surface area contributed by atoms with Crippen LogP contribution in [0.25, 0.3) is 0 Å². The van der Waals surface area contributed by atoms with Crippen molar-refractivity contribution in [2.24, 2.45) is 4.99 Å². The SMILES string of the molecule is CCC(C)N1C(=O)N(c2ccc(F)cc2)CS/C1=N\C(C)C. The summed E-state index contributed by atoms with van der Waals surface area (Å²) >= 11 is 1.54. The van der Waals surface area contributed by atoms with E-state index >= 15 is 0 Å². The van der Waals surface area contributed by atoms with Crippen LogP contribution < -0.4 is 4.90 Å². The molecule has 1 fully saturated rings. The number of anilines is 1. The van der Waals surface area contributed by atoms with Crippen molar-refractivity contribution in [1.29, 1.82) is 0 Å². The molecule has 1 unspecified atom stereocenters. The quantitative estimate of drug-likeness (QED) is 0.827. The van der Waals surface area contributed by atoms with E-state index in [0.29, 0.717) is 11.6 Å². The highest BCUT2D eigenvalue weighted by molar-refractivity contribution is 8.14. The van der Waals surface area contributed by atoms with Gasteiger partial charge in [0.05, 0.1) is 5.88 Å². The summed E-state index contributed by atoms with van der Waals surface area (Å²) in [5, 5.41) is 0.771. The summed E-state index contributed by atoms with van der Waals surface area (Å²) in [6.07, 6.45) is 0.848. The number of carbonyl (C=O) groups excluding carboxylic acids is 1. The van der Waals surface area contributed by atoms with Crippen LogP contribution in [0.3, 0.4) is 0 Å². The van der Waals surface area contributed by atoms with Crippen LogP contribution in [-0.2, 0) is 0 Å².